The van der Waals surface area contributed by atoms with Gasteiger partial charge in [-0.15, -0.1) is 0 Å². The summed E-state index contributed by atoms with van der Waals surface area (Å²) in [4.78, 5) is 0. The molecule has 0 aliphatic heterocycles. The highest BCUT2D eigenvalue weighted by atomic mass is 32.2. The van der Waals surface area contributed by atoms with Gasteiger partial charge in [-0.25, -0.2) is 0 Å². The molecule has 7 heteroatoms. The van der Waals surface area contributed by atoms with Crippen molar-refractivity contribution < 1.29 is 25.8 Å². The Hall–Kier alpha value is -3.32. The Balaban J connectivity index is 2.02. The highest BCUT2D eigenvalue weighted by Crippen LogP contribution is 2.43. The summed E-state index contributed by atoms with van der Waals surface area (Å²) >= 11 is 0. The number of fused-ring (bicyclic) bond motifs is 1. The van der Waals surface area contributed by atoms with Gasteiger partial charge in [0.05, 0.1) is 0 Å². The summed E-state index contributed by atoms with van der Waals surface area (Å²) in [5.41, 5.74) is -3.11. The first-order valence-electron chi connectivity index (χ1n) is 8.95. The Morgan fingerprint density at radius 1 is 0.667 bits per heavy atom. The van der Waals surface area contributed by atoms with E-state index < -0.39 is 15.6 Å². The van der Waals surface area contributed by atoms with Gasteiger partial charge in [0, 0.05) is 5.56 Å². The molecule has 0 atom stereocenters. The van der Waals surface area contributed by atoms with Crippen molar-refractivity contribution in [3.8, 4) is 28.0 Å². The quantitative estimate of drug-likeness (QED) is 0.279. The third-order valence-electron chi connectivity index (χ3n) is 4.65. The van der Waals surface area contributed by atoms with Crippen LogP contribution in [-0.4, -0.2) is 13.9 Å². The minimum Gasteiger partial charge on any atom is -0.375 e. The van der Waals surface area contributed by atoms with Crippen LogP contribution in [0.2, 0.25) is 0 Å². The van der Waals surface area contributed by atoms with Crippen LogP contribution >= 0.6 is 0 Å². The molecule has 0 heterocycles. The van der Waals surface area contributed by atoms with E-state index >= 15 is 0 Å². The minimum atomic E-state index is -5.83. The van der Waals surface area contributed by atoms with E-state index in [1.54, 1.807) is 36.4 Å². The number of alkyl halides is 3. The van der Waals surface area contributed by atoms with Gasteiger partial charge >= 0.3 is 15.6 Å². The van der Waals surface area contributed by atoms with E-state index in [-0.39, 0.29) is 11.3 Å². The van der Waals surface area contributed by atoms with E-state index in [2.05, 4.69) is 4.18 Å². The van der Waals surface area contributed by atoms with Crippen LogP contribution in [0, 0.1) is 0 Å². The molecule has 0 fully saturated rings. The molecule has 0 unspecified atom stereocenters. The summed E-state index contributed by atoms with van der Waals surface area (Å²) < 4.78 is 67.1. The molecule has 30 heavy (non-hydrogen) atoms. The monoisotopic (exact) mass is 428 g/mol. The van der Waals surface area contributed by atoms with Gasteiger partial charge in [-0.3, -0.25) is 0 Å². The second-order valence-electron chi connectivity index (χ2n) is 6.55. The molecular formula is C23H15F3O3S. The van der Waals surface area contributed by atoms with Crippen molar-refractivity contribution in [2.24, 2.45) is 0 Å². The van der Waals surface area contributed by atoms with Crippen molar-refractivity contribution >= 4 is 20.9 Å². The molecule has 0 aliphatic rings. The molecule has 0 radical (unpaired) electrons. The van der Waals surface area contributed by atoms with Crippen molar-refractivity contribution in [2.45, 2.75) is 5.51 Å². The van der Waals surface area contributed by atoms with Crippen LogP contribution in [0.3, 0.4) is 0 Å². The standard InChI is InChI=1S/C23H15F3O3S/c24-23(25,26)30(27,28)29-21-15-14-17-10-4-5-12-19(17)22(21)20-13-7-6-11-18(20)16-8-2-1-3-9-16/h1-15H. The zero-order valence-electron chi connectivity index (χ0n) is 15.4. The molecule has 3 nitrogen and oxygen atoms in total. The van der Waals surface area contributed by atoms with Gasteiger partial charge < -0.3 is 4.18 Å². The van der Waals surface area contributed by atoms with Crippen LogP contribution in [0.1, 0.15) is 0 Å². The second-order valence-corrected chi connectivity index (χ2v) is 8.09. The third kappa shape index (κ3) is 3.64. The third-order valence-corrected chi connectivity index (χ3v) is 5.62. The minimum absolute atomic E-state index is 0.278. The van der Waals surface area contributed by atoms with Gasteiger partial charge in [0.1, 0.15) is 0 Å². The topological polar surface area (TPSA) is 43.4 Å². The van der Waals surface area contributed by atoms with E-state index in [0.29, 0.717) is 10.9 Å². The Bertz CT molecular complexity index is 1310. The van der Waals surface area contributed by atoms with Crippen LogP contribution in [0.4, 0.5) is 13.2 Å². The summed E-state index contributed by atoms with van der Waals surface area (Å²) in [5.74, 6) is -0.380. The second kappa shape index (κ2) is 7.50. The van der Waals surface area contributed by atoms with Crippen molar-refractivity contribution in [2.75, 3.05) is 0 Å². The SMILES string of the molecule is O=S(=O)(Oc1ccc2ccccc2c1-c1ccccc1-c1ccccc1)C(F)(F)F. The number of hydrogen-bond donors (Lipinski definition) is 0. The van der Waals surface area contributed by atoms with Crippen molar-refractivity contribution in [3.05, 3.63) is 91.0 Å². The molecule has 0 amide bonds. The molecule has 0 bridgehead atoms. The van der Waals surface area contributed by atoms with Crippen LogP contribution < -0.4 is 4.18 Å². The number of halogens is 3. The van der Waals surface area contributed by atoms with Gasteiger partial charge in [0.15, 0.2) is 5.75 Å². The predicted molar refractivity (Wildman–Crippen MR) is 110 cm³/mol. The average Bonchev–Trinajstić information content (AvgIpc) is 2.73. The van der Waals surface area contributed by atoms with Crippen LogP contribution in [0.25, 0.3) is 33.0 Å². The van der Waals surface area contributed by atoms with Crippen molar-refractivity contribution in [1.82, 2.24) is 0 Å². The van der Waals surface area contributed by atoms with E-state index in [4.69, 9.17) is 0 Å². The largest absolute Gasteiger partial charge is 0.534 e. The van der Waals surface area contributed by atoms with Crippen LogP contribution in [-0.2, 0) is 10.1 Å². The Kier molecular flexibility index (Phi) is 4.99. The smallest absolute Gasteiger partial charge is 0.375 e. The molecule has 0 aliphatic carbocycles. The summed E-state index contributed by atoms with van der Waals surface area (Å²) in [7, 11) is -5.83. The van der Waals surface area contributed by atoms with Gasteiger partial charge in [0.25, 0.3) is 0 Å². The van der Waals surface area contributed by atoms with E-state index in [1.165, 1.54) is 12.1 Å². The van der Waals surface area contributed by atoms with Crippen LogP contribution in [0.5, 0.6) is 5.75 Å². The molecule has 4 aromatic rings. The highest BCUT2D eigenvalue weighted by Gasteiger charge is 2.49. The maximum Gasteiger partial charge on any atom is 0.534 e. The zero-order chi connectivity index (χ0) is 21.4. The fourth-order valence-corrected chi connectivity index (χ4v) is 3.80. The lowest BCUT2D eigenvalue weighted by atomic mass is 9.91. The lowest BCUT2D eigenvalue weighted by Gasteiger charge is -2.18. The van der Waals surface area contributed by atoms with E-state index in [1.807, 2.05) is 42.5 Å². The maximum absolute atomic E-state index is 13.0. The lowest BCUT2D eigenvalue weighted by Crippen LogP contribution is -2.28. The Morgan fingerprint density at radius 3 is 1.97 bits per heavy atom. The van der Waals surface area contributed by atoms with Crippen molar-refractivity contribution in [3.63, 3.8) is 0 Å². The first kappa shape index (κ1) is 20.0. The first-order valence-corrected chi connectivity index (χ1v) is 10.4. The fourth-order valence-electron chi connectivity index (χ4n) is 3.33. The van der Waals surface area contributed by atoms with Gasteiger partial charge in [-0.1, -0.05) is 84.9 Å². The van der Waals surface area contributed by atoms with E-state index in [9.17, 15) is 21.6 Å². The number of rotatable bonds is 4. The van der Waals surface area contributed by atoms with Gasteiger partial charge in [-0.2, -0.15) is 21.6 Å². The summed E-state index contributed by atoms with van der Waals surface area (Å²) in [6.45, 7) is 0. The maximum atomic E-state index is 13.0. The summed E-state index contributed by atoms with van der Waals surface area (Å²) in [6, 6.07) is 26.2. The first-order chi connectivity index (χ1) is 14.3. The van der Waals surface area contributed by atoms with Crippen LogP contribution in [0.15, 0.2) is 91.0 Å². The Morgan fingerprint density at radius 2 is 1.27 bits per heavy atom. The number of benzene rings is 4. The number of hydrogen-bond acceptors (Lipinski definition) is 3. The molecule has 4 aromatic carbocycles. The fraction of sp³-hybridized carbons (Fsp3) is 0.0435. The average molecular weight is 428 g/mol. The molecule has 4 rings (SSSR count). The van der Waals surface area contributed by atoms with Gasteiger partial charge in [-0.05, 0) is 33.5 Å². The van der Waals surface area contributed by atoms with Crippen molar-refractivity contribution in [1.29, 1.82) is 0 Å². The molecular weight excluding hydrogens is 413 g/mol. The van der Waals surface area contributed by atoms with E-state index in [0.717, 1.165) is 16.5 Å². The molecule has 152 valence electrons. The molecule has 0 spiro atoms. The summed E-state index contributed by atoms with van der Waals surface area (Å²) in [5, 5.41) is 1.32. The summed E-state index contributed by atoms with van der Waals surface area (Å²) in [6.07, 6.45) is 0. The highest BCUT2D eigenvalue weighted by molar-refractivity contribution is 7.88. The molecule has 0 aromatic heterocycles. The lowest BCUT2D eigenvalue weighted by molar-refractivity contribution is -0.0499. The predicted octanol–water partition coefficient (Wildman–Crippen LogP) is 6.40. The molecule has 0 saturated heterocycles. The normalized spacial score (nSPS) is 12.1. The Labute approximate surface area is 171 Å². The van der Waals surface area contributed by atoms with Gasteiger partial charge in [0.2, 0.25) is 0 Å². The zero-order valence-corrected chi connectivity index (χ0v) is 16.2. The molecule has 0 saturated carbocycles. The molecule has 0 N–H and O–H groups in total.